The molecular formula is C15H24N2O4. The van der Waals surface area contributed by atoms with Gasteiger partial charge in [0.2, 0.25) is 11.8 Å². The summed E-state index contributed by atoms with van der Waals surface area (Å²) in [5.74, 6) is -2.05. The van der Waals surface area contributed by atoms with E-state index in [0.717, 1.165) is 6.42 Å². The van der Waals surface area contributed by atoms with E-state index in [1.54, 1.807) is 9.80 Å². The maximum Gasteiger partial charge on any atom is 0.307 e. The Morgan fingerprint density at radius 2 is 1.71 bits per heavy atom. The highest BCUT2D eigenvalue weighted by Crippen LogP contribution is 2.37. The van der Waals surface area contributed by atoms with Gasteiger partial charge in [-0.15, -0.1) is 0 Å². The van der Waals surface area contributed by atoms with Crippen LogP contribution in [0.5, 0.6) is 0 Å². The molecule has 1 saturated heterocycles. The maximum atomic E-state index is 12.5. The molecule has 2 rings (SSSR count). The Hall–Kier alpha value is -1.59. The van der Waals surface area contributed by atoms with Crippen LogP contribution < -0.4 is 0 Å². The van der Waals surface area contributed by atoms with Crippen molar-refractivity contribution in [1.82, 2.24) is 9.80 Å². The second kappa shape index (κ2) is 6.45. The molecule has 21 heavy (non-hydrogen) atoms. The molecule has 0 bridgehead atoms. The second-order valence-corrected chi connectivity index (χ2v) is 5.83. The number of carboxylic acid groups (broad SMARTS) is 1. The monoisotopic (exact) mass is 296 g/mol. The van der Waals surface area contributed by atoms with Crippen molar-refractivity contribution >= 4 is 17.8 Å². The van der Waals surface area contributed by atoms with E-state index in [2.05, 4.69) is 0 Å². The first-order valence-electron chi connectivity index (χ1n) is 7.83. The third-order valence-corrected chi connectivity index (χ3v) is 4.80. The van der Waals surface area contributed by atoms with Gasteiger partial charge >= 0.3 is 5.97 Å². The molecule has 1 aliphatic carbocycles. The first-order chi connectivity index (χ1) is 10.0. The molecule has 3 unspecified atom stereocenters. The van der Waals surface area contributed by atoms with E-state index in [-0.39, 0.29) is 11.8 Å². The van der Waals surface area contributed by atoms with Crippen LogP contribution in [0, 0.1) is 11.8 Å². The lowest BCUT2D eigenvalue weighted by molar-refractivity contribution is -0.158. The van der Waals surface area contributed by atoms with Gasteiger partial charge in [0.05, 0.1) is 11.8 Å². The Labute approximate surface area is 125 Å². The number of amides is 2. The van der Waals surface area contributed by atoms with E-state index < -0.39 is 23.8 Å². The van der Waals surface area contributed by atoms with E-state index in [9.17, 15) is 14.4 Å². The molecule has 0 radical (unpaired) electrons. The number of hydrogen-bond acceptors (Lipinski definition) is 3. The van der Waals surface area contributed by atoms with Crippen molar-refractivity contribution in [3.63, 3.8) is 0 Å². The number of carbonyl (C=O) groups excluding carboxylic acids is 2. The van der Waals surface area contributed by atoms with Crippen LogP contribution in [-0.4, -0.2) is 58.4 Å². The fourth-order valence-electron chi connectivity index (χ4n) is 3.34. The minimum atomic E-state index is -0.898. The third kappa shape index (κ3) is 2.89. The van der Waals surface area contributed by atoms with Crippen LogP contribution in [0.3, 0.4) is 0 Å². The Bertz CT molecular complexity index is 433. The molecule has 1 N–H and O–H groups in total. The van der Waals surface area contributed by atoms with Gasteiger partial charge in [-0.05, 0) is 39.5 Å². The van der Waals surface area contributed by atoms with E-state index in [0.29, 0.717) is 38.9 Å². The van der Waals surface area contributed by atoms with Crippen LogP contribution in [0.4, 0.5) is 0 Å². The fraction of sp³-hybridized carbons (Fsp3) is 0.800. The molecule has 3 atom stereocenters. The topological polar surface area (TPSA) is 77.9 Å². The highest BCUT2D eigenvalue weighted by molar-refractivity contribution is 5.91. The molecule has 0 aromatic heterocycles. The van der Waals surface area contributed by atoms with Crippen LogP contribution in [0.15, 0.2) is 0 Å². The first kappa shape index (κ1) is 15.8. The largest absolute Gasteiger partial charge is 0.481 e. The van der Waals surface area contributed by atoms with Crippen molar-refractivity contribution in [2.24, 2.45) is 11.8 Å². The van der Waals surface area contributed by atoms with Gasteiger partial charge in [-0.2, -0.15) is 0 Å². The van der Waals surface area contributed by atoms with Crippen molar-refractivity contribution in [2.45, 2.75) is 45.6 Å². The van der Waals surface area contributed by atoms with E-state index >= 15 is 0 Å². The van der Waals surface area contributed by atoms with Crippen molar-refractivity contribution in [3.8, 4) is 0 Å². The van der Waals surface area contributed by atoms with Gasteiger partial charge in [0.25, 0.3) is 0 Å². The van der Waals surface area contributed by atoms with Crippen molar-refractivity contribution < 1.29 is 19.5 Å². The summed E-state index contributed by atoms with van der Waals surface area (Å²) in [6, 6.07) is -0.396. The summed E-state index contributed by atoms with van der Waals surface area (Å²) in [6.45, 7) is 5.69. The van der Waals surface area contributed by atoms with E-state index in [1.165, 1.54) is 0 Å². The Morgan fingerprint density at radius 1 is 1.10 bits per heavy atom. The standard InChI is InChI=1S/C15H24N2O4/c1-3-16(4-2)14(19)12-6-5-9-17(12)13(18)10-7-8-11(10)15(20)21/h10-12H,3-9H2,1-2H3,(H,20,21). The van der Waals surface area contributed by atoms with Gasteiger partial charge in [-0.25, -0.2) is 0 Å². The second-order valence-electron chi connectivity index (χ2n) is 5.83. The van der Waals surface area contributed by atoms with Gasteiger partial charge in [-0.1, -0.05) is 0 Å². The van der Waals surface area contributed by atoms with Crippen LogP contribution in [0.25, 0.3) is 0 Å². The molecule has 2 amide bonds. The van der Waals surface area contributed by atoms with Crippen molar-refractivity contribution in [2.75, 3.05) is 19.6 Å². The van der Waals surface area contributed by atoms with Gasteiger partial charge in [-0.3, -0.25) is 14.4 Å². The minimum Gasteiger partial charge on any atom is -0.481 e. The Kier molecular flexibility index (Phi) is 4.85. The number of aliphatic carboxylic acids is 1. The zero-order valence-corrected chi connectivity index (χ0v) is 12.7. The van der Waals surface area contributed by atoms with Gasteiger partial charge in [0, 0.05) is 19.6 Å². The molecule has 6 nitrogen and oxygen atoms in total. The highest BCUT2D eigenvalue weighted by Gasteiger charge is 2.46. The van der Waals surface area contributed by atoms with Crippen molar-refractivity contribution in [3.05, 3.63) is 0 Å². The van der Waals surface area contributed by atoms with Gasteiger partial charge in [0.15, 0.2) is 0 Å². The number of hydrogen-bond donors (Lipinski definition) is 1. The number of likely N-dealkylation sites (tertiary alicyclic amines) is 1. The lowest BCUT2D eigenvalue weighted by Crippen LogP contribution is -2.52. The molecule has 1 aliphatic heterocycles. The van der Waals surface area contributed by atoms with Crippen LogP contribution in [0.2, 0.25) is 0 Å². The minimum absolute atomic E-state index is 0.00273. The van der Waals surface area contributed by atoms with Crippen LogP contribution in [0.1, 0.15) is 39.5 Å². The molecule has 1 heterocycles. The predicted molar refractivity (Wildman–Crippen MR) is 76.5 cm³/mol. The number of rotatable bonds is 5. The smallest absolute Gasteiger partial charge is 0.307 e. The summed E-state index contributed by atoms with van der Waals surface area (Å²) < 4.78 is 0. The van der Waals surface area contributed by atoms with Crippen molar-refractivity contribution in [1.29, 1.82) is 0 Å². The zero-order valence-electron chi connectivity index (χ0n) is 12.7. The quantitative estimate of drug-likeness (QED) is 0.819. The number of carboxylic acids is 1. The molecule has 2 fully saturated rings. The highest BCUT2D eigenvalue weighted by atomic mass is 16.4. The normalized spacial score (nSPS) is 28.1. The Morgan fingerprint density at radius 3 is 2.19 bits per heavy atom. The maximum absolute atomic E-state index is 12.5. The summed E-state index contributed by atoms with van der Waals surface area (Å²) in [7, 11) is 0. The third-order valence-electron chi connectivity index (χ3n) is 4.80. The van der Waals surface area contributed by atoms with Gasteiger partial charge in [0.1, 0.15) is 6.04 Å². The summed E-state index contributed by atoms with van der Waals surface area (Å²) in [5.41, 5.74) is 0. The summed E-state index contributed by atoms with van der Waals surface area (Å²) in [4.78, 5) is 39.5. The molecule has 118 valence electrons. The van der Waals surface area contributed by atoms with Gasteiger partial charge < -0.3 is 14.9 Å². The SMILES string of the molecule is CCN(CC)C(=O)C1CCCN1C(=O)C1CCC1C(=O)O. The van der Waals surface area contributed by atoms with E-state index in [1.807, 2.05) is 13.8 Å². The summed E-state index contributed by atoms with van der Waals surface area (Å²) >= 11 is 0. The number of nitrogens with zero attached hydrogens (tertiary/aromatic N) is 2. The molecular weight excluding hydrogens is 272 g/mol. The van der Waals surface area contributed by atoms with Crippen LogP contribution >= 0.6 is 0 Å². The molecule has 2 aliphatic rings. The lowest BCUT2D eigenvalue weighted by atomic mass is 9.73. The zero-order chi connectivity index (χ0) is 15.6. The molecule has 6 heteroatoms. The fourth-order valence-corrected chi connectivity index (χ4v) is 3.34. The molecule has 0 aromatic rings. The average Bonchev–Trinajstić information content (AvgIpc) is 2.86. The first-order valence-corrected chi connectivity index (χ1v) is 7.83. The molecule has 0 spiro atoms. The Balaban J connectivity index is 2.06. The van der Waals surface area contributed by atoms with Crippen LogP contribution in [-0.2, 0) is 14.4 Å². The number of carbonyl (C=O) groups is 3. The van der Waals surface area contributed by atoms with E-state index in [4.69, 9.17) is 5.11 Å². The predicted octanol–water partition coefficient (Wildman–Crippen LogP) is 0.957. The average molecular weight is 296 g/mol. The summed E-state index contributed by atoms with van der Waals surface area (Å²) in [6.07, 6.45) is 2.69. The summed E-state index contributed by atoms with van der Waals surface area (Å²) in [5, 5.41) is 9.09. The molecule has 1 saturated carbocycles. The molecule has 0 aromatic carbocycles. The number of likely N-dealkylation sites (N-methyl/N-ethyl adjacent to an activating group) is 1. The lowest BCUT2D eigenvalue weighted by Gasteiger charge is -2.37.